The maximum Gasteiger partial charge on any atom is 0.191 e. The number of ether oxygens (including phenoxy) is 1. The van der Waals surface area contributed by atoms with Gasteiger partial charge in [-0.05, 0) is 31.0 Å². The minimum absolute atomic E-state index is 0.0441. The van der Waals surface area contributed by atoms with E-state index in [0.717, 1.165) is 18.9 Å². The monoisotopic (exact) mass is 325 g/mol. The van der Waals surface area contributed by atoms with Gasteiger partial charge in [-0.2, -0.15) is 0 Å². The molecule has 0 spiro atoms. The molecule has 22 heavy (non-hydrogen) atoms. The van der Waals surface area contributed by atoms with Crippen molar-refractivity contribution >= 4 is 17.3 Å². The molecule has 2 aromatic carbocycles. The average molecular weight is 326 g/mol. The van der Waals surface area contributed by atoms with Gasteiger partial charge < -0.3 is 14.7 Å². The van der Waals surface area contributed by atoms with Gasteiger partial charge in [0.2, 0.25) is 0 Å². The molecule has 1 N–H and O–H groups in total. The molecule has 0 aromatic heterocycles. The zero-order valence-corrected chi connectivity index (χ0v) is 12.4. The topological polar surface area (TPSA) is 32.7 Å². The smallest absolute Gasteiger partial charge is 0.191 e. The van der Waals surface area contributed by atoms with Crippen molar-refractivity contribution in [1.82, 2.24) is 0 Å². The summed E-state index contributed by atoms with van der Waals surface area (Å²) in [5, 5.41) is 9.41. The molecule has 1 heterocycles. The molecule has 0 bridgehead atoms. The van der Waals surface area contributed by atoms with Gasteiger partial charge in [-0.3, -0.25) is 0 Å². The van der Waals surface area contributed by atoms with Crippen LogP contribution in [0.15, 0.2) is 30.3 Å². The van der Waals surface area contributed by atoms with Crippen molar-refractivity contribution in [3.05, 3.63) is 47.0 Å². The normalized spacial score (nSPS) is 14.4. The Balaban J connectivity index is 2.10. The molecule has 2 aromatic rings. The molecule has 3 rings (SSSR count). The molecule has 1 fully saturated rings. The number of benzene rings is 2. The number of anilines is 1. The summed E-state index contributed by atoms with van der Waals surface area (Å²) in [5.41, 5.74) is 0.0441. The van der Waals surface area contributed by atoms with Crippen LogP contribution in [0.5, 0.6) is 17.2 Å². The lowest BCUT2D eigenvalue weighted by Crippen LogP contribution is -2.20. The van der Waals surface area contributed by atoms with E-state index < -0.39 is 11.6 Å². The summed E-state index contributed by atoms with van der Waals surface area (Å²) in [6.45, 7) is 1.24. The number of hydrogen-bond donors (Lipinski definition) is 1. The van der Waals surface area contributed by atoms with Gasteiger partial charge in [0, 0.05) is 13.1 Å². The highest BCUT2D eigenvalue weighted by atomic mass is 35.5. The van der Waals surface area contributed by atoms with E-state index in [4.69, 9.17) is 16.3 Å². The lowest BCUT2D eigenvalue weighted by atomic mass is 10.2. The minimum atomic E-state index is -0.840. The van der Waals surface area contributed by atoms with Crippen molar-refractivity contribution in [2.24, 2.45) is 0 Å². The Morgan fingerprint density at radius 1 is 1.14 bits per heavy atom. The number of rotatable bonds is 3. The van der Waals surface area contributed by atoms with E-state index in [1.54, 1.807) is 17.0 Å². The van der Waals surface area contributed by atoms with Crippen LogP contribution < -0.4 is 9.64 Å². The summed E-state index contributed by atoms with van der Waals surface area (Å²) in [7, 11) is 0. The highest BCUT2D eigenvalue weighted by Gasteiger charge is 2.26. The fourth-order valence-corrected chi connectivity index (χ4v) is 2.73. The van der Waals surface area contributed by atoms with Crippen LogP contribution in [-0.4, -0.2) is 18.2 Å². The van der Waals surface area contributed by atoms with E-state index in [9.17, 15) is 13.9 Å². The zero-order valence-electron chi connectivity index (χ0n) is 11.7. The average Bonchev–Trinajstić information content (AvgIpc) is 3.00. The summed E-state index contributed by atoms with van der Waals surface area (Å²) in [6.07, 6.45) is 1.80. The van der Waals surface area contributed by atoms with Crippen LogP contribution in [0.4, 0.5) is 14.5 Å². The lowest BCUT2D eigenvalue weighted by Gasteiger charge is -2.23. The number of hydrogen-bond acceptors (Lipinski definition) is 3. The van der Waals surface area contributed by atoms with E-state index in [2.05, 4.69) is 0 Å². The number of phenolic OH excluding ortho intramolecular Hbond substituents is 1. The summed E-state index contributed by atoms with van der Waals surface area (Å²) in [5.74, 6) is -1.89. The van der Waals surface area contributed by atoms with Gasteiger partial charge >= 0.3 is 0 Å². The molecular formula is C16H14ClF2NO2. The van der Waals surface area contributed by atoms with Crippen molar-refractivity contribution in [3.63, 3.8) is 0 Å². The highest BCUT2D eigenvalue weighted by molar-refractivity contribution is 6.31. The standard InChI is InChI=1S/C16H14ClF2NO2/c17-10-9-11(18)15(20-7-3-4-8-20)16(14(10)19)22-13-6-2-1-5-12(13)21/h1-2,5-6,9,21H,3-4,7-8H2. The molecule has 0 atom stereocenters. The predicted octanol–water partition coefficient (Wildman–Crippen LogP) is 4.72. The van der Waals surface area contributed by atoms with Crippen molar-refractivity contribution in [2.75, 3.05) is 18.0 Å². The van der Waals surface area contributed by atoms with Crippen LogP contribution >= 0.6 is 11.6 Å². The lowest BCUT2D eigenvalue weighted by molar-refractivity contribution is 0.393. The summed E-state index contributed by atoms with van der Waals surface area (Å²) in [6, 6.07) is 7.06. The number of para-hydroxylation sites is 2. The second-order valence-electron chi connectivity index (χ2n) is 5.10. The van der Waals surface area contributed by atoms with Crippen molar-refractivity contribution in [2.45, 2.75) is 12.8 Å². The molecule has 0 unspecified atom stereocenters. The van der Waals surface area contributed by atoms with Crippen LogP contribution in [0.3, 0.4) is 0 Å². The Hall–Kier alpha value is -2.01. The molecule has 0 aliphatic carbocycles. The Bertz CT molecular complexity index is 703. The van der Waals surface area contributed by atoms with Crippen molar-refractivity contribution in [1.29, 1.82) is 0 Å². The van der Waals surface area contributed by atoms with Gasteiger partial charge in [-0.15, -0.1) is 0 Å². The zero-order chi connectivity index (χ0) is 15.7. The van der Waals surface area contributed by atoms with Gasteiger partial charge in [-0.25, -0.2) is 8.78 Å². The third kappa shape index (κ3) is 2.68. The van der Waals surface area contributed by atoms with Crippen LogP contribution in [0.25, 0.3) is 0 Å². The van der Waals surface area contributed by atoms with E-state index in [1.165, 1.54) is 12.1 Å². The summed E-state index contributed by atoms with van der Waals surface area (Å²) >= 11 is 5.73. The van der Waals surface area contributed by atoms with Crippen LogP contribution in [0.1, 0.15) is 12.8 Å². The van der Waals surface area contributed by atoms with Crippen LogP contribution in [-0.2, 0) is 0 Å². The fraction of sp³-hybridized carbons (Fsp3) is 0.250. The molecule has 3 nitrogen and oxygen atoms in total. The molecule has 1 aliphatic heterocycles. The molecule has 1 aliphatic rings. The van der Waals surface area contributed by atoms with Crippen molar-refractivity contribution in [3.8, 4) is 17.2 Å². The Kier molecular flexibility index (Phi) is 4.07. The maximum absolute atomic E-state index is 14.4. The third-order valence-electron chi connectivity index (χ3n) is 3.60. The minimum Gasteiger partial charge on any atom is -0.504 e. The molecule has 6 heteroatoms. The van der Waals surface area contributed by atoms with E-state index in [1.807, 2.05) is 0 Å². The Labute approximate surface area is 131 Å². The second kappa shape index (κ2) is 6.01. The number of nitrogens with zero attached hydrogens (tertiary/aromatic N) is 1. The van der Waals surface area contributed by atoms with E-state index in [-0.39, 0.29) is 28.0 Å². The van der Waals surface area contributed by atoms with Crippen LogP contribution in [0.2, 0.25) is 5.02 Å². The molecule has 1 saturated heterocycles. The predicted molar refractivity (Wildman–Crippen MR) is 81.0 cm³/mol. The first-order valence-corrected chi connectivity index (χ1v) is 7.34. The SMILES string of the molecule is Oc1ccccc1Oc1c(F)c(Cl)cc(F)c1N1CCCC1. The number of aromatic hydroxyl groups is 1. The first-order chi connectivity index (χ1) is 10.6. The van der Waals surface area contributed by atoms with Crippen LogP contribution in [0, 0.1) is 11.6 Å². The third-order valence-corrected chi connectivity index (χ3v) is 3.88. The quantitative estimate of drug-likeness (QED) is 0.829. The van der Waals surface area contributed by atoms with Crippen molar-refractivity contribution < 1.29 is 18.6 Å². The number of halogens is 3. The largest absolute Gasteiger partial charge is 0.504 e. The van der Waals surface area contributed by atoms with Gasteiger partial charge in [-0.1, -0.05) is 23.7 Å². The first kappa shape index (κ1) is 14.9. The Morgan fingerprint density at radius 3 is 2.50 bits per heavy atom. The molecular weight excluding hydrogens is 312 g/mol. The molecule has 0 saturated carbocycles. The maximum atomic E-state index is 14.4. The fourth-order valence-electron chi connectivity index (χ4n) is 2.55. The first-order valence-electron chi connectivity index (χ1n) is 6.96. The number of phenols is 1. The summed E-state index contributed by atoms with van der Waals surface area (Å²) in [4.78, 5) is 1.73. The summed E-state index contributed by atoms with van der Waals surface area (Å²) < 4.78 is 34.1. The van der Waals surface area contributed by atoms with Gasteiger partial charge in [0.25, 0.3) is 0 Å². The van der Waals surface area contributed by atoms with E-state index in [0.29, 0.717) is 13.1 Å². The van der Waals surface area contributed by atoms with Gasteiger partial charge in [0.1, 0.15) is 5.69 Å². The van der Waals surface area contributed by atoms with Gasteiger partial charge in [0.05, 0.1) is 5.02 Å². The molecule has 0 radical (unpaired) electrons. The molecule has 0 amide bonds. The van der Waals surface area contributed by atoms with Gasteiger partial charge in [0.15, 0.2) is 28.9 Å². The molecule has 116 valence electrons. The highest BCUT2D eigenvalue weighted by Crippen LogP contribution is 2.43. The Morgan fingerprint density at radius 2 is 1.82 bits per heavy atom. The second-order valence-corrected chi connectivity index (χ2v) is 5.50. The van der Waals surface area contributed by atoms with E-state index >= 15 is 0 Å².